The second kappa shape index (κ2) is 38.0. The number of furan rings is 2. The van der Waals surface area contributed by atoms with Crippen molar-refractivity contribution < 1.29 is 68.6 Å². The molecule has 0 fully saturated rings. The summed E-state index contributed by atoms with van der Waals surface area (Å²) in [6, 6.07) is 21.2. The number of carbonyl (C=O) groups excluding carboxylic acids is 4. The summed E-state index contributed by atoms with van der Waals surface area (Å²) in [7, 11) is -8.11. The Hall–Kier alpha value is -6.65. The van der Waals surface area contributed by atoms with Gasteiger partial charge >= 0.3 is 12.2 Å². The maximum atomic E-state index is 14.0. The molecule has 6 rings (SSSR count). The number of aliphatic hydroxyl groups is 1. The number of carbonyl (C=O) groups is 4. The number of unbranched alkanes of at least 4 members (excludes halogenated alkanes) is 6. The standard InChI is InChI=1S/C36H52N2O7S.C25H28FNO6S.C11H25NO/c1-8-11-15-32-33(30-26-28(18-21-31(30)44-32)38(46(7,41)42)35(40)45-36(4,5)6)34(39)27-16-19-29(20-17-27)43-25-14-24-37(22-12-9-2)23-13-10-3;1-6-7-8-21-22(23(28)16-9-11-17(26)12-10-16)19-15-18(13-14-20(19)32-21)27(34(5,30)31)24(29)33-25(2,3)4;1-3-5-8-12(9-6-4-2)10-7-11-13/h16-21,26H,8-15,22-25H2,1-7H3;9-15H,6-8H2,1-5H3;13H,3-11H2,1-2H3. The number of anilines is 2. The van der Waals surface area contributed by atoms with Crippen molar-refractivity contribution in [1.29, 1.82) is 0 Å². The highest BCUT2D eigenvalue weighted by Crippen LogP contribution is 2.36. The predicted octanol–water partition coefficient (Wildman–Crippen LogP) is 16.5. The molecule has 0 atom stereocenters. The highest BCUT2D eigenvalue weighted by atomic mass is 32.2. The topological polar surface area (TPSA) is 224 Å². The van der Waals surface area contributed by atoms with Crippen LogP contribution in [0.5, 0.6) is 5.75 Å². The number of nitrogens with zero attached hydrogens (tertiary/aromatic N) is 4. The van der Waals surface area contributed by atoms with E-state index in [4.69, 9.17) is 28.2 Å². The first-order valence-corrected chi connectivity index (χ1v) is 36.9. The number of halogens is 1. The van der Waals surface area contributed by atoms with Gasteiger partial charge in [0.05, 0.1) is 41.6 Å². The molecule has 0 saturated heterocycles. The number of amides is 2. The molecule has 21 heteroatoms. The van der Waals surface area contributed by atoms with E-state index < -0.39 is 49.3 Å². The lowest BCUT2D eigenvalue weighted by Gasteiger charge is -2.26. The summed E-state index contributed by atoms with van der Waals surface area (Å²) in [4.78, 5) is 58.1. The third-order valence-corrected chi connectivity index (χ3v) is 16.8. The highest BCUT2D eigenvalue weighted by Gasteiger charge is 2.34. The first kappa shape index (κ1) is 78.8. The molecule has 0 aliphatic heterocycles. The largest absolute Gasteiger partial charge is 0.494 e. The number of aliphatic hydroxyl groups excluding tert-OH is 1. The van der Waals surface area contributed by atoms with Gasteiger partial charge in [-0.1, -0.05) is 80.1 Å². The number of ketones is 2. The van der Waals surface area contributed by atoms with Gasteiger partial charge in [-0.15, -0.1) is 0 Å². The summed E-state index contributed by atoms with van der Waals surface area (Å²) >= 11 is 0. The second-order valence-corrected chi connectivity index (χ2v) is 29.1. The van der Waals surface area contributed by atoms with Crippen molar-refractivity contribution in [3.05, 3.63) is 125 Å². The van der Waals surface area contributed by atoms with Crippen LogP contribution in [0.2, 0.25) is 0 Å². The van der Waals surface area contributed by atoms with E-state index in [1.165, 1.54) is 119 Å². The molecule has 516 valence electrons. The van der Waals surface area contributed by atoms with E-state index in [2.05, 4.69) is 44.4 Å². The Morgan fingerprint density at radius 1 is 0.484 bits per heavy atom. The zero-order valence-corrected chi connectivity index (χ0v) is 59.4. The van der Waals surface area contributed by atoms with E-state index >= 15 is 0 Å². The van der Waals surface area contributed by atoms with Gasteiger partial charge in [-0.05, 0) is 204 Å². The molecular formula is C72H105FN4O14S2. The average Bonchev–Trinajstić information content (AvgIpc) is 1.69. The quantitative estimate of drug-likeness (QED) is 0.0293. The summed E-state index contributed by atoms with van der Waals surface area (Å²) in [5, 5.41) is 9.53. The van der Waals surface area contributed by atoms with Gasteiger partial charge in [-0.25, -0.2) is 30.8 Å². The van der Waals surface area contributed by atoms with Gasteiger partial charge in [0.1, 0.15) is 45.5 Å². The number of ether oxygens (including phenoxy) is 3. The number of fused-ring (bicyclic) bond motifs is 2. The van der Waals surface area contributed by atoms with Crippen molar-refractivity contribution >= 4 is 77.1 Å². The van der Waals surface area contributed by atoms with E-state index in [0.29, 0.717) is 85.0 Å². The minimum absolute atomic E-state index is 0.0141. The van der Waals surface area contributed by atoms with Crippen LogP contribution in [-0.4, -0.2) is 132 Å². The number of hydrogen-bond donors (Lipinski definition) is 1. The van der Waals surface area contributed by atoms with Gasteiger partial charge in [0.15, 0.2) is 11.6 Å². The second-order valence-electron chi connectivity index (χ2n) is 25.5. The van der Waals surface area contributed by atoms with E-state index in [0.717, 1.165) is 77.2 Å². The Labute approximate surface area is 553 Å². The fraction of sp³-hybridized carbons (Fsp3) is 0.556. The lowest BCUT2D eigenvalue weighted by Crippen LogP contribution is -2.40. The van der Waals surface area contributed by atoms with Crippen molar-refractivity contribution in [1.82, 2.24) is 9.80 Å². The fourth-order valence-corrected chi connectivity index (χ4v) is 11.7. The van der Waals surface area contributed by atoms with Crippen LogP contribution < -0.4 is 13.3 Å². The Morgan fingerprint density at radius 3 is 1.16 bits per heavy atom. The lowest BCUT2D eigenvalue weighted by atomic mass is 9.98. The van der Waals surface area contributed by atoms with Crippen LogP contribution in [0.4, 0.5) is 25.4 Å². The van der Waals surface area contributed by atoms with Crippen LogP contribution in [0.1, 0.15) is 216 Å². The van der Waals surface area contributed by atoms with Crippen LogP contribution in [0.3, 0.4) is 0 Å². The lowest BCUT2D eigenvalue weighted by molar-refractivity contribution is 0.0597. The minimum atomic E-state index is -4.05. The molecule has 2 amide bonds. The molecule has 2 heterocycles. The van der Waals surface area contributed by atoms with Crippen molar-refractivity contribution in [3.8, 4) is 5.75 Å². The molecule has 18 nitrogen and oxygen atoms in total. The Balaban J connectivity index is 0.000000342. The van der Waals surface area contributed by atoms with Crippen molar-refractivity contribution in [2.45, 2.75) is 197 Å². The molecule has 1 N–H and O–H groups in total. The minimum Gasteiger partial charge on any atom is -0.494 e. The molecule has 0 radical (unpaired) electrons. The number of rotatable bonds is 34. The molecule has 93 heavy (non-hydrogen) atoms. The smallest absolute Gasteiger partial charge is 0.428 e. The third-order valence-electron chi connectivity index (χ3n) is 14.8. The van der Waals surface area contributed by atoms with Gasteiger partial charge in [-0.3, -0.25) is 9.59 Å². The number of benzene rings is 4. The molecule has 4 aromatic carbocycles. The van der Waals surface area contributed by atoms with E-state index in [-0.39, 0.29) is 34.1 Å². The summed E-state index contributed by atoms with van der Waals surface area (Å²) in [6.45, 7) is 30.4. The Kier molecular flexibility index (Phi) is 32.2. The van der Waals surface area contributed by atoms with Gasteiger partial charge in [-0.2, -0.15) is 8.61 Å². The van der Waals surface area contributed by atoms with E-state index in [1.807, 2.05) is 6.92 Å². The zero-order valence-electron chi connectivity index (χ0n) is 57.8. The SMILES string of the molecule is CCCCN(CCCC)CCCO.CCCCc1oc2ccc(N(C(=O)OC(C)(C)C)S(C)(=O)=O)cc2c1C(=O)c1ccc(F)cc1.CCCCc1oc2ccc(N(C(=O)OC(C)(C)C)S(C)(=O)=O)cc2c1C(=O)c1ccc(OCCCN(CCCC)CCCC)cc1. The van der Waals surface area contributed by atoms with Gasteiger partial charge in [0.25, 0.3) is 0 Å². The summed E-state index contributed by atoms with van der Waals surface area (Å²) in [5.41, 5.74) is 0.388. The monoisotopic (exact) mass is 1330 g/mol. The molecule has 0 aliphatic rings. The third kappa shape index (κ3) is 25.5. The predicted molar refractivity (Wildman–Crippen MR) is 371 cm³/mol. The van der Waals surface area contributed by atoms with Crippen molar-refractivity contribution in [3.63, 3.8) is 0 Å². The van der Waals surface area contributed by atoms with E-state index in [1.54, 1.807) is 71.9 Å². The van der Waals surface area contributed by atoms with Crippen LogP contribution in [-0.2, 0) is 42.4 Å². The molecule has 0 spiro atoms. The Morgan fingerprint density at radius 2 is 0.828 bits per heavy atom. The maximum absolute atomic E-state index is 14.0. The Bertz CT molecular complexity index is 3510. The summed E-state index contributed by atoms with van der Waals surface area (Å²) < 4.78 is 93.9. The van der Waals surface area contributed by atoms with Gasteiger partial charge in [0.2, 0.25) is 20.0 Å². The fourth-order valence-electron chi connectivity index (χ4n) is 10.1. The van der Waals surface area contributed by atoms with E-state index in [9.17, 15) is 40.4 Å². The van der Waals surface area contributed by atoms with Gasteiger partial charge in [0, 0.05) is 54.4 Å². The van der Waals surface area contributed by atoms with Gasteiger partial charge < -0.3 is 38.0 Å². The zero-order chi connectivity index (χ0) is 69.1. The van der Waals surface area contributed by atoms with Crippen molar-refractivity contribution in [2.24, 2.45) is 0 Å². The number of hydrogen-bond acceptors (Lipinski definition) is 16. The summed E-state index contributed by atoms with van der Waals surface area (Å²) in [6.07, 6.45) is 15.8. The normalized spacial score (nSPS) is 11.9. The molecule has 0 saturated carbocycles. The number of sulfonamides is 2. The average molecular weight is 1330 g/mol. The molecular weight excluding hydrogens is 1230 g/mol. The molecule has 0 bridgehead atoms. The van der Waals surface area contributed by atoms with Crippen LogP contribution in [0, 0.1) is 5.82 Å². The molecule has 0 unspecified atom stereocenters. The van der Waals surface area contributed by atoms with Crippen LogP contribution in [0.15, 0.2) is 93.8 Å². The van der Waals surface area contributed by atoms with Crippen molar-refractivity contribution in [2.75, 3.05) is 73.6 Å². The maximum Gasteiger partial charge on any atom is 0.428 e. The molecule has 6 aromatic rings. The highest BCUT2D eigenvalue weighted by molar-refractivity contribution is 7.93. The van der Waals surface area contributed by atoms with Crippen LogP contribution in [0.25, 0.3) is 21.9 Å². The van der Waals surface area contributed by atoms with Crippen LogP contribution >= 0.6 is 0 Å². The summed E-state index contributed by atoms with van der Waals surface area (Å²) in [5.74, 6) is 0.564. The number of aryl methyl sites for hydroxylation is 2. The molecule has 2 aromatic heterocycles. The molecule has 0 aliphatic carbocycles. The first-order valence-electron chi connectivity index (χ1n) is 33.2. The first-order chi connectivity index (χ1) is 43.9.